The monoisotopic (exact) mass is 377 g/mol. The van der Waals surface area contributed by atoms with Crippen LogP contribution in [0.3, 0.4) is 0 Å². The molecule has 26 heavy (non-hydrogen) atoms. The van der Waals surface area contributed by atoms with Gasteiger partial charge >= 0.3 is 5.91 Å². The van der Waals surface area contributed by atoms with Crippen molar-refractivity contribution >= 4 is 29.1 Å². The molecule has 2 unspecified atom stereocenters. The van der Waals surface area contributed by atoms with Gasteiger partial charge in [0.25, 0.3) is 0 Å². The third-order valence-electron chi connectivity index (χ3n) is 5.09. The van der Waals surface area contributed by atoms with E-state index in [1.807, 2.05) is 37.4 Å². The normalized spacial score (nSPS) is 19.3. The van der Waals surface area contributed by atoms with Crippen molar-refractivity contribution < 1.29 is 14.3 Å². The summed E-state index contributed by atoms with van der Waals surface area (Å²) in [6, 6.07) is 9.84. The second-order valence-corrected chi connectivity index (χ2v) is 7.63. The molecule has 142 valence electrons. The molecule has 0 aromatic heterocycles. The van der Waals surface area contributed by atoms with E-state index < -0.39 is 0 Å². The molecule has 0 bridgehead atoms. The predicted octanol–water partition coefficient (Wildman–Crippen LogP) is 3.05. The van der Waals surface area contributed by atoms with Crippen molar-refractivity contribution in [1.82, 2.24) is 9.38 Å². The molecular weight excluding hydrogens is 348 g/mol. The number of nitrogens with zero attached hydrogens (tertiary/aromatic N) is 2. The van der Waals surface area contributed by atoms with Crippen molar-refractivity contribution in [2.45, 2.75) is 25.5 Å². The molecule has 1 aliphatic rings. The summed E-state index contributed by atoms with van der Waals surface area (Å²) < 4.78 is 5.28. The molecule has 0 saturated carbocycles. The second-order valence-electron chi connectivity index (χ2n) is 6.55. The smallest absolute Gasteiger partial charge is 0.320 e. The van der Waals surface area contributed by atoms with Crippen LogP contribution in [0.2, 0.25) is 0 Å². The Bertz CT molecular complexity index is 658. The molecule has 1 aromatic rings. The van der Waals surface area contributed by atoms with Crippen LogP contribution in [0.4, 0.5) is 5.69 Å². The number of carbonyl (C=O) groups excluding carboxylic acids is 2. The number of hydrogen-bond donors (Lipinski definition) is 0. The lowest BCUT2D eigenvalue weighted by Crippen LogP contribution is -2.55. The highest BCUT2D eigenvalue weighted by molar-refractivity contribution is 8.04. The first-order valence-corrected chi connectivity index (χ1v) is 10.0. The lowest BCUT2D eigenvalue weighted by atomic mass is 10.1. The van der Waals surface area contributed by atoms with Gasteiger partial charge in [0.15, 0.2) is 5.76 Å². The van der Waals surface area contributed by atoms with Crippen molar-refractivity contribution in [2.75, 3.05) is 40.3 Å². The summed E-state index contributed by atoms with van der Waals surface area (Å²) in [6.07, 6.45) is 0.205. The van der Waals surface area contributed by atoms with Crippen LogP contribution in [-0.2, 0) is 14.3 Å². The van der Waals surface area contributed by atoms with E-state index in [4.69, 9.17) is 4.74 Å². The largest absolute Gasteiger partial charge is 0.492 e. The van der Waals surface area contributed by atoms with E-state index in [0.29, 0.717) is 12.3 Å². The Morgan fingerprint density at radius 1 is 1.23 bits per heavy atom. The number of quaternary nitrogens is 1. The number of benzene rings is 1. The molecule has 1 heterocycles. The van der Waals surface area contributed by atoms with Gasteiger partial charge in [-0.2, -0.15) is 0 Å². The summed E-state index contributed by atoms with van der Waals surface area (Å²) in [5.41, 5.74) is 0.958. The van der Waals surface area contributed by atoms with Crippen LogP contribution in [0.15, 0.2) is 41.5 Å². The van der Waals surface area contributed by atoms with Crippen LogP contribution in [0.1, 0.15) is 20.3 Å². The second kappa shape index (κ2) is 9.35. The number of amides is 1. The van der Waals surface area contributed by atoms with E-state index in [1.54, 1.807) is 5.41 Å². The molecule has 0 fully saturated rings. The van der Waals surface area contributed by atoms with Gasteiger partial charge in [0, 0.05) is 12.0 Å². The third kappa shape index (κ3) is 4.55. The molecule has 1 aliphatic heterocycles. The zero-order chi connectivity index (χ0) is 19.2. The number of ether oxygens (including phenoxy) is 1. The summed E-state index contributed by atoms with van der Waals surface area (Å²) >= 11 is 1.38. The van der Waals surface area contributed by atoms with Crippen LogP contribution in [0.5, 0.6) is 0 Å². The quantitative estimate of drug-likeness (QED) is 0.619. The molecular formula is C20H29N2O3S+. The fraction of sp³-hybridized carbons (Fsp3) is 0.500. The minimum Gasteiger partial charge on any atom is -0.492 e. The number of hydrogen-bond acceptors (Lipinski definition) is 5. The maximum atomic E-state index is 13.3. The first kappa shape index (κ1) is 20.7. The van der Waals surface area contributed by atoms with Gasteiger partial charge in [-0.25, -0.2) is 9.28 Å². The van der Waals surface area contributed by atoms with E-state index in [9.17, 15) is 9.59 Å². The minimum absolute atomic E-state index is 0.0555. The molecule has 0 saturated heterocycles. The molecule has 2 atom stereocenters. The Morgan fingerprint density at radius 2 is 1.88 bits per heavy atom. The summed E-state index contributed by atoms with van der Waals surface area (Å²) in [5, 5.41) is 1.33. The third-order valence-corrected chi connectivity index (χ3v) is 6.15. The van der Waals surface area contributed by atoms with Gasteiger partial charge in [-0.15, -0.1) is 11.8 Å². The number of Topliss-reactive ketones (excluding diaryl/α,β-unsaturated/α-hetero) is 1. The number of ketones is 1. The summed E-state index contributed by atoms with van der Waals surface area (Å²) in [4.78, 5) is 27.9. The van der Waals surface area contributed by atoms with Gasteiger partial charge < -0.3 is 4.74 Å². The fourth-order valence-corrected chi connectivity index (χ4v) is 4.09. The Labute approximate surface area is 160 Å². The molecule has 1 amide bonds. The van der Waals surface area contributed by atoms with Crippen molar-refractivity contribution in [1.29, 1.82) is 0 Å². The van der Waals surface area contributed by atoms with Crippen LogP contribution in [0.25, 0.3) is 0 Å². The standard InChI is InChI=1S/C20H29N2O3S/c1-5-21(6-2)12-13-22(3,16-10-8-7-9-11-16)19(23)14-18-20(24)17(25-4)15-26-18/h7-11,15,18H,5-6,12-14H2,1-4H3/q+1. The minimum atomic E-state index is -0.382. The predicted molar refractivity (Wildman–Crippen MR) is 108 cm³/mol. The summed E-state index contributed by atoms with van der Waals surface area (Å²) in [7, 11) is 3.44. The van der Waals surface area contributed by atoms with Crippen LogP contribution < -0.4 is 4.48 Å². The highest BCUT2D eigenvalue weighted by atomic mass is 32.2. The SMILES string of the molecule is CCN(CC)CC[N+](C)(C(=O)CC1SC=C(OC)C1=O)c1ccccc1. The van der Waals surface area contributed by atoms with Crippen LogP contribution in [-0.4, -0.2) is 62.2 Å². The van der Waals surface area contributed by atoms with Gasteiger partial charge in [0.2, 0.25) is 5.78 Å². The lowest BCUT2D eigenvalue weighted by molar-refractivity contribution is -0.131. The number of allylic oxidation sites excluding steroid dienone is 1. The number of rotatable bonds is 9. The Hall–Kier alpha value is -1.63. The first-order chi connectivity index (χ1) is 12.5. The molecule has 0 radical (unpaired) electrons. The average Bonchev–Trinajstić information content (AvgIpc) is 3.02. The van der Waals surface area contributed by atoms with E-state index in [-0.39, 0.29) is 27.8 Å². The molecule has 5 nitrogen and oxygen atoms in total. The fourth-order valence-electron chi connectivity index (χ4n) is 3.11. The molecule has 6 heteroatoms. The van der Waals surface area contributed by atoms with Crippen LogP contribution in [0, 0.1) is 0 Å². The number of likely N-dealkylation sites (N-methyl/N-ethyl adjacent to an activating group) is 2. The van der Waals surface area contributed by atoms with E-state index >= 15 is 0 Å². The van der Waals surface area contributed by atoms with Gasteiger partial charge in [-0.3, -0.25) is 9.69 Å². The molecule has 2 rings (SSSR count). The van der Waals surface area contributed by atoms with Crippen molar-refractivity contribution in [3.05, 3.63) is 41.5 Å². The van der Waals surface area contributed by atoms with Gasteiger partial charge in [-0.05, 0) is 25.2 Å². The zero-order valence-electron chi connectivity index (χ0n) is 16.1. The van der Waals surface area contributed by atoms with Gasteiger partial charge in [0.05, 0.1) is 25.8 Å². The molecule has 0 N–H and O–H groups in total. The number of carbonyl (C=O) groups is 2. The number of methoxy groups -OCH3 is 1. The zero-order valence-corrected chi connectivity index (χ0v) is 16.9. The maximum absolute atomic E-state index is 13.3. The molecule has 0 spiro atoms. The van der Waals surface area contributed by atoms with Crippen molar-refractivity contribution in [3.63, 3.8) is 0 Å². The van der Waals surface area contributed by atoms with Crippen LogP contribution >= 0.6 is 11.8 Å². The summed E-state index contributed by atoms with van der Waals surface area (Å²) in [5.74, 6) is 0.319. The number of para-hydroxylation sites is 1. The highest BCUT2D eigenvalue weighted by Gasteiger charge is 2.40. The average molecular weight is 378 g/mol. The number of thioether (sulfide) groups is 1. The first-order valence-electron chi connectivity index (χ1n) is 9.07. The van der Waals surface area contributed by atoms with Gasteiger partial charge in [-0.1, -0.05) is 32.0 Å². The maximum Gasteiger partial charge on any atom is 0.320 e. The van der Waals surface area contributed by atoms with Crippen molar-refractivity contribution in [3.8, 4) is 0 Å². The Kier molecular flexibility index (Phi) is 7.43. The van der Waals surface area contributed by atoms with E-state index in [1.165, 1.54) is 18.9 Å². The van der Waals surface area contributed by atoms with Crippen molar-refractivity contribution in [2.24, 2.45) is 0 Å². The van der Waals surface area contributed by atoms with E-state index in [2.05, 4.69) is 18.7 Å². The van der Waals surface area contributed by atoms with E-state index in [0.717, 1.165) is 25.3 Å². The lowest BCUT2D eigenvalue weighted by Gasteiger charge is -2.33. The summed E-state index contributed by atoms with van der Waals surface area (Å²) in [6.45, 7) is 7.68. The highest BCUT2D eigenvalue weighted by Crippen LogP contribution is 2.32. The van der Waals surface area contributed by atoms with Gasteiger partial charge in [0.1, 0.15) is 12.2 Å². The topological polar surface area (TPSA) is 46.6 Å². The Balaban J connectivity index is 2.18. The molecule has 1 aromatic carbocycles. The Morgan fingerprint density at radius 3 is 2.42 bits per heavy atom. The molecule has 0 aliphatic carbocycles.